The highest BCUT2D eigenvalue weighted by atomic mass is 35.5. The summed E-state index contributed by atoms with van der Waals surface area (Å²) in [6, 6.07) is 8.76. The van der Waals surface area contributed by atoms with Gasteiger partial charge in [-0.15, -0.1) is 6.42 Å². The predicted molar refractivity (Wildman–Crippen MR) is 177 cm³/mol. The first-order valence-corrected chi connectivity index (χ1v) is 16.6. The van der Waals surface area contributed by atoms with Gasteiger partial charge in [-0.25, -0.2) is 8.78 Å². The fourth-order valence-corrected chi connectivity index (χ4v) is 8.43. The zero-order chi connectivity index (χ0) is 31.3. The minimum absolute atomic E-state index is 0.00245. The third-order valence-electron chi connectivity index (χ3n) is 10.1. The summed E-state index contributed by atoms with van der Waals surface area (Å²) in [5, 5.41) is 5.58. The van der Waals surface area contributed by atoms with Crippen LogP contribution in [0.25, 0.3) is 32.8 Å². The van der Waals surface area contributed by atoms with Crippen molar-refractivity contribution in [3.8, 4) is 29.5 Å². The molecule has 5 heterocycles. The molecule has 9 heteroatoms. The second-order valence-electron chi connectivity index (χ2n) is 12.3. The number of hydrogen-bond donors (Lipinski definition) is 1. The van der Waals surface area contributed by atoms with E-state index in [1.54, 1.807) is 12.1 Å². The van der Waals surface area contributed by atoms with Gasteiger partial charge in [-0.3, -0.25) is 4.90 Å². The maximum Gasteiger partial charge on any atom is 0.319 e. The summed E-state index contributed by atoms with van der Waals surface area (Å²) < 4.78 is 38.4. The summed E-state index contributed by atoms with van der Waals surface area (Å²) in [5.41, 5.74) is 1.69. The zero-order valence-electron chi connectivity index (χ0n) is 25.9. The van der Waals surface area contributed by atoms with E-state index >= 15 is 4.39 Å². The van der Waals surface area contributed by atoms with Gasteiger partial charge in [0.1, 0.15) is 23.8 Å². The highest BCUT2D eigenvalue weighted by Crippen LogP contribution is 2.47. The fraction of sp³-hybridized carbons (Fsp3) is 0.444. The number of terminal acetylenes is 1. The van der Waals surface area contributed by atoms with Gasteiger partial charge in [0, 0.05) is 36.6 Å². The summed E-state index contributed by atoms with van der Waals surface area (Å²) >= 11 is 7.17. The molecule has 0 aliphatic carbocycles. The van der Waals surface area contributed by atoms with Crippen molar-refractivity contribution in [2.45, 2.75) is 64.0 Å². The molecule has 3 fully saturated rings. The summed E-state index contributed by atoms with van der Waals surface area (Å²) in [7, 11) is 0. The van der Waals surface area contributed by atoms with Crippen LogP contribution in [0.1, 0.15) is 57.1 Å². The number of halogens is 3. The van der Waals surface area contributed by atoms with E-state index in [0.717, 1.165) is 70.4 Å². The number of benzene rings is 3. The average molecular weight is 630 g/mol. The van der Waals surface area contributed by atoms with Gasteiger partial charge in [0.25, 0.3) is 0 Å². The lowest BCUT2D eigenvalue weighted by molar-refractivity contribution is 0.108. The van der Waals surface area contributed by atoms with Crippen LogP contribution in [-0.2, 0) is 6.42 Å². The maximum atomic E-state index is 17.1. The molecule has 234 valence electrons. The summed E-state index contributed by atoms with van der Waals surface area (Å²) in [6.07, 6.45) is 11.7. The highest BCUT2D eigenvalue weighted by Gasteiger charge is 2.45. The van der Waals surface area contributed by atoms with Crippen LogP contribution < -0.4 is 15.0 Å². The molecule has 0 bridgehead atoms. The second kappa shape index (κ2) is 12.0. The minimum atomic E-state index is -0.577. The summed E-state index contributed by atoms with van der Waals surface area (Å²) in [6.45, 7) is 8.99. The van der Waals surface area contributed by atoms with Gasteiger partial charge in [-0.2, -0.15) is 9.97 Å². The smallest absolute Gasteiger partial charge is 0.319 e. The number of aromatic nitrogens is 2. The molecule has 3 aromatic carbocycles. The fourth-order valence-electron chi connectivity index (χ4n) is 8.06. The molecule has 1 unspecified atom stereocenters. The molecule has 4 aliphatic rings. The molecule has 0 spiro atoms. The van der Waals surface area contributed by atoms with Crippen molar-refractivity contribution in [1.82, 2.24) is 20.2 Å². The van der Waals surface area contributed by atoms with Crippen LogP contribution in [-0.4, -0.2) is 65.8 Å². The topological polar surface area (TPSA) is 53.5 Å². The van der Waals surface area contributed by atoms with E-state index < -0.39 is 11.6 Å². The SMILES string of the molecule is C#Cc1c(F)ccc2cccc(-c3c(Cl)c4c5c(nc(OCC67CCCN6CCC7)nc5c3F)N3CCNCC3CC4)c12.CC. The van der Waals surface area contributed by atoms with Gasteiger partial charge < -0.3 is 15.0 Å². The minimum Gasteiger partial charge on any atom is -0.461 e. The summed E-state index contributed by atoms with van der Waals surface area (Å²) in [5.74, 6) is 2.05. The number of aryl methyl sites for hydroxylation is 1. The number of rotatable bonds is 4. The molecular formula is C36H38ClF2N5O. The number of fused-ring (bicyclic) bond motifs is 4. The third kappa shape index (κ3) is 4.83. The number of nitrogens with one attached hydrogen (secondary N) is 1. The molecule has 4 aromatic rings. The zero-order valence-corrected chi connectivity index (χ0v) is 26.6. The van der Waals surface area contributed by atoms with E-state index in [1.807, 2.05) is 26.0 Å². The lowest BCUT2D eigenvalue weighted by Gasteiger charge is -2.36. The van der Waals surface area contributed by atoms with E-state index in [4.69, 9.17) is 32.7 Å². The van der Waals surface area contributed by atoms with Crippen LogP contribution in [0.2, 0.25) is 5.02 Å². The van der Waals surface area contributed by atoms with Crippen molar-refractivity contribution < 1.29 is 13.5 Å². The molecule has 1 N–H and O–H groups in total. The average Bonchev–Trinajstić information content (AvgIpc) is 3.61. The number of piperazine rings is 1. The van der Waals surface area contributed by atoms with Crippen molar-refractivity contribution in [2.24, 2.45) is 0 Å². The lowest BCUT2D eigenvalue weighted by atomic mass is 9.91. The number of hydrogen-bond acceptors (Lipinski definition) is 6. The molecule has 1 atom stereocenters. The van der Waals surface area contributed by atoms with Gasteiger partial charge >= 0.3 is 6.01 Å². The largest absolute Gasteiger partial charge is 0.461 e. The van der Waals surface area contributed by atoms with Crippen LogP contribution in [0, 0.1) is 24.0 Å². The van der Waals surface area contributed by atoms with Gasteiger partial charge in [-0.05, 0) is 74.2 Å². The second-order valence-corrected chi connectivity index (χ2v) is 12.7. The molecule has 0 amide bonds. The Morgan fingerprint density at radius 3 is 2.67 bits per heavy atom. The number of ether oxygens (including phenoxy) is 1. The Morgan fingerprint density at radius 2 is 1.89 bits per heavy atom. The van der Waals surface area contributed by atoms with Crippen molar-refractivity contribution in [3.05, 3.63) is 58.1 Å². The Labute approximate surface area is 268 Å². The molecule has 8 rings (SSSR count). The van der Waals surface area contributed by atoms with Crippen molar-refractivity contribution >= 4 is 39.1 Å². The Morgan fingerprint density at radius 1 is 1.09 bits per heavy atom. The molecule has 4 aliphatic heterocycles. The first kappa shape index (κ1) is 30.2. The van der Waals surface area contributed by atoms with Crippen LogP contribution in [0.5, 0.6) is 6.01 Å². The first-order chi connectivity index (χ1) is 22.0. The lowest BCUT2D eigenvalue weighted by Crippen LogP contribution is -2.51. The number of nitrogens with zero attached hydrogens (tertiary/aromatic N) is 4. The van der Waals surface area contributed by atoms with Crippen LogP contribution >= 0.6 is 11.6 Å². The highest BCUT2D eigenvalue weighted by molar-refractivity contribution is 6.36. The molecule has 1 aromatic heterocycles. The normalized spacial score (nSPS) is 20.3. The molecular weight excluding hydrogens is 592 g/mol. The van der Waals surface area contributed by atoms with Crippen molar-refractivity contribution in [2.75, 3.05) is 44.2 Å². The maximum absolute atomic E-state index is 17.1. The van der Waals surface area contributed by atoms with Crippen molar-refractivity contribution in [1.29, 1.82) is 0 Å². The third-order valence-corrected chi connectivity index (χ3v) is 10.5. The van der Waals surface area contributed by atoms with E-state index in [0.29, 0.717) is 45.6 Å². The Bertz CT molecular complexity index is 1830. The Hall–Kier alpha value is -3.51. The quantitative estimate of drug-likeness (QED) is 0.243. The van der Waals surface area contributed by atoms with Gasteiger partial charge in [0.05, 0.1) is 21.5 Å². The van der Waals surface area contributed by atoms with Gasteiger partial charge in [0.2, 0.25) is 0 Å². The molecule has 45 heavy (non-hydrogen) atoms. The van der Waals surface area contributed by atoms with E-state index in [1.165, 1.54) is 6.07 Å². The van der Waals surface area contributed by atoms with E-state index in [9.17, 15) is 4.39 Å². The van der Waals surface area contributed by atoms with E-state index in [-0.39, 0.29) is 34.2 Å². The molecule has 0 saturated carbocycles. The Kier molecular flexibility index (Phi) is 8.05. The first-order valence-electron chi connectivity index (χ1n) is 16.2. The molecule has 3 saturated heterocycles. The van der Waals surface area contributed by atoms with Crippen LogP contribution in [0.3, 0.4) is 0 Å². The standard InChI is InChI=1S/C34H32ClF2N5O.C2H6/c1-2-22-25(36)11-8-20-6-3-7-23(26(20)22)27-29(35)24-10-9-21-18-38-14-17-42(21)32-28(24)31(30(27)37)39-33(40-32)43-19-34-12-4-15-41(34)16-5-13-34;1-2/h1,3,6-8,11,21,38H,4-5,9-10,12-19H2;1-2H3. The van der Waals surface area contributed by atoms with Crippen molar-refractivity contribution in [3.63, 3.8) is 0 Å². The van der Waals surface area contributed by atoms with Gasteiger partial charge in [-0.1, -0.05) is 55.6 Å². The Balaban J connectivity index is 0.00000160. The molecule has 6 nitrogen and oxygen atoms in total. The predicted octanol–water partition coefficient (Wildman–Crippen LogP) is 7.12. The number of anilines is 1. The van der Waals surface area contributed by atoms with E-state index in [2.05, 4.69) is 21.0 Å². The monoisotopic (exact) mass is 629 g/mol. The van der Waals surface area contributed by atoms with Crippen LogP contribution in [0.4, 0.5) is 14.6 Å². The van der Waals surface area contributed by atoms with Crippen LogP contribution in [0.15, 0.2) is 30.3 Å². The summed E-state index contributed by atoms with van der Waals surface area (Å²) in [4.78, 5) is 14.5. The van der Waals surface area contributed by atoms with Gasteiger partial charge in [0.15, 0.2) is 5.82 Å². The molecule has 0 radical (unpaired) electrons.